The van der Waals surface area contributed by atoms with Gasteiger partial charge in [-0.3, -0.25) is 4.79 Å². The summed E-state index contributed by atoms with van der Waals surface area (Å²) in [6.45, 7) is 1.73. The molecule has 0 fully saturated rings. The van der Waals surface area contributed by atoms with Crippen LogP contribution in [0.2, 0.25) is 5.02 Å². The summed E-state index contributed by atoms with van der Waals surface area (Å²) in [5, 5.41) is 6.94. The Balaban J connectivity index is 2.08. The molecule has 0 aliphatic carbocycles. The van der Waals surface area contributed by atoms with Gasteiger partial charge in [0.1, 0.15) is 0 Å². The van der Waals surface area contributed by atoms with Crippen LogP contribution in [0.3, 0.4) is 0 Å². The molecular weight excluding hydrogens is 268 g/mol. The molecule has 0 aliphatic heterocycles. The highest BCUT2D eigenvalue weighted by Gasteiger charge is 2.13. The third-order valence-electron chi connectivity index (χ3n) is 2.41. The molecule has 0 unspecified atom stereocenters. The number of nitrogens with one attached hydrogen (secondary N) is 1. The number of amides is 1. The number of hydrogen-bond donors (Lipinski definition) is 2. The minimum Gasteiger partial charge on any atom is -0.346 e. The van der Waals surface area contributed by atoms with Crippen molar-refractivity contribution in [3.8, 4) is 11.4 Å². The average molecular weight is 281 g/mol. The molecule has 0 radical (unpaired) electrons. The van der Waals surface area contributed by atoms with Gasteiger partial charge in [-0.15, -0.1) is 0 Å². The summed E-state index contributed by atoms with van der Waals surface area (Å²) in [6, 6.07) is 6.60. The largest absolute Gasteiger partial charge is 0.346 e. The number of nitrogens with two attached hydrogens (primary N) is 1. The van der Waals surface area contributed by atoms with Gasteiger partial charge in [-0.2, -0.15) is 4.98 Å². The van der Waals surface area contributed by atoms with E-state index in [9.17, 15) is 4.79 Å². The summed E-state index contributed by atoms with van der Waals surface area (Å²) >= 11 is 6.03. The van der Waals surface area contributed by atoms with Gasteiger partial charge in [0.25, 0.3) is 0 Å². The van der Waals surface area contributed by atoms with Crippen molar-refractivity contribution < 1.29 is 9.32 Å². The lowest BCUT2D eigenvalue weighted by atomic mass is 10.2. The number of benzene rings is 1. The number of carbonyl (C=O) groups excluding carboxylic acids is 1. The molecule has 1 aromatic carbocycles. The molecule has 2 rings (SSSR count). The third kappa shape index (κ3) is 3.30. The fraction of sp³-hybridized carbons (Fsp3) is 0.250. The van der Waals surface area contributed by atoms with Crippen LogP contribution in [0, 0.1) is 0 Å². The lowest BCUT2D eigenvalue weighted by Crippen LogP contribution is -2.37. The second kappa shape index (κ2) is 5.81. The average Bonchev–Trinajstić information content (AvgIpc) is 2.85. The van der Waals surface area contributed by atoms with Crippen LogP contribution in [0.5, 0.6) is 0 Å². The standard InChI is InChI=1S/C12H13ClN4O2/c1-7(14)12(18)15-6-10-16-11(17-19-10)8-4-2-3-5-9(8)13/h2-5,7H,6,14H2,1H3,(H,15,18)/t7-/m1/s1. The molecular formula is C12H13ClN4O2. The van der Waals surface area contributed by atoms with E-state index in [2.05, 4.69) is 15.5 Å². The molecule has 19 heavy (non-hydrogen) atoms. The molecule has 3 N–H and O–H groups in total. The van der Waals surface area contributed by atoms with Crippen molar-refractivity contribution in [1.82, 2.24) is 15.5 Å². The Kier molecular flexibility index (Phi) is 4.13. The van der Waals surface area contributed by atoms with Crippen molar-refractivity contribution in [2.75, 3.05) is 0 Å². The van der Waals surface area contributed by atoms with Crippen molar-refractivity contribution >= 4 is 17.5 Å². The topological polar surface area (TPSA) is 94.0 Å². The van der Waals surface area contributed by atoms with Crippen molar-refractivity contribution in [2.45, 2.75) is 19.5 Å². The molecule has 0 saturated carbocycles. The van der Waals surface area contributed by atoms with Crippen LogP contribution in [0.15, 0.2) is 28.8 Å². The first-order valence-electron chi connectivity index (χ1n) is 5.68. The predicted molar refractivity (Wildman–Crippen MR) is 70.2 cm³/mol. The number of hydrogen-bond acceptors (Lipinski definition) is 5. The molecule has 6 nitrogen and oxygen atoms in total. The molecule has 0 bridgehead atoms. The van der Waals surface area contributed by atoms with Crippen LogP contribution in [0.4, 0.5) is 0 Å². The monoisotopic (exact) mass is 280 g/mol. The minimum absolute atomic E-state index is 0.137. The van der Waals surface area contributed by atoms with Gasteiger partial charge in [0.2, 0.25) is 17.6 Å². The summed E-state index contributed by atoms with van der Waals surface area (Å²) in [4.78, 5) is 15.5. The summed E-state index contributed by atoms with van der Waals surface area (Å²) in [5.41, 5.74) is 6.10. The van der Waals surface area contributed by atoms with Gasteiger partial charge in [-0.05, 0) is 19.1 Å². The lowest BCUT2D eigenvalue weighted by molar-refractivity contribution is -0.122. The fourth-order valence-corrected chi connectivity index (χ4v) is 1.62. The van der Waals surface area contributed by atoms with E-state index in [1.54, 1.807) is 19.1 Å². The quantitative estimate of drug-likeness (QED) is 0.882. The van der Waals surface area contributed by atoms with Crippen molar-refractivity contribution in [3.05, 3.63) is 35.2 Å². The zero-order valence-electron chi connectivity index (χ0n) is 10.3. The first-order valence-corrected chi connectivity index (χ1v) is 6.06. The van der Waals surface area contributed by atoms with Gasteiger partial charge < -0.3 is 15.6 Å². The van der Waals surface area contributed by atoms with Crippen LogP contribution < -0.4 is 11.1 Å². The Bertz CT molecular complexity index is 583. The van der Waals surface area contributed by atoms with Crippen molar-refractivity contribution in [3.63, 3.8) is 0 Å². The highest BCUT2D eigenvalue weighted by molar-refractivity contribution is 6.33. The second-order valence-corrected chi connectivity index (χ2v) is 4.41. The van der Waals surface area contributed by atoms with E-state index >= 15 is 0 Å². The van der Waals surface area contributed by atoms with Crippen molar-refractivity contribution in [2.24, 2.45) is 5.73 Å². The molecule has 2 aromatic rings. The highest BCUT2D eigenvalue weighted by Crippen LogP contribution is 2.24. The molecule has 0 spiro atoms. The summed E-state index contributed by atoms with van der Waals surface area (Å²) in [5.74, 6) is 0.400. The molecule has 0 saturated heterocycles. The maximum absolute atomic E-state index is 11.3. The number of rotatable bonds is 4. The van der Waals surface area contributed by atoms with Gasteiger partial charge in [0, 0.05) is 5.56 Å². The third-order valence-corrected chi connectivity index (χ3v) is 2.74. The Morgan fingerprint density at radius 1 is 1.53 bits per heavy atom. The van der Waals surface area contributed by atoms with Gasteiger partial charge in [-0.25, -0.2) is 0 Å². The van der Waals surface area contributed by atoms with Gasteiger partial charge in [0.15, 0.2) is 0 Å². The molecule has 1 heterocycles. The first kappa shape index (κ1) is 13.5. The summed E-state index contributed by atoms with van der Waals surface area (Å²) < 4.78 is 5.03. The van der Waals surface area contributed by atoms with Crippen LogP contribution in [0.25, 0.3) is 11.4 Å². The Morgan fingerprint density at radius 3 is 2.95 bits per heavy atom. The zero-order valence-corrected chi connectivity index (χ0v) is 11.0. The SMILES string of the molecule is C[C@@H](N)C(=O)NCc1nc(-c2ccccc2Cl)no1. The van der Waals surface area contributed by atoms with Gasteiger partial charge in [0.05, 0.1) is 17.6 Å². The minimum atomic E-state index is -0.578. The van der Waals surface area contributed by atoms with Gasteiger partial charge >= 0.3 is 0 Å². The van der Waals surface area contributed by atoms with Gasteiger partial charge in [-0.1, -0.05) is 28.9 Å². The predicted octanol–water partition coefficient (Wildman–Crippen LogP) is 1.35. The summed E-state index contributed by atoms with van der Waals surface area (Å²) in [7, 11) is 0. The van der Waals surface area contributed by atoms with Crippen LogP contribution >= 0.6 is 11.6 Å². The molecule has 1 atom stereocenters. The smallest absolute Gasteiger partial charge is 0.246 e. The normalized spacial score (nSPS) is 12.2. The first-order chi connectivity index (χ1) is 9.08. The zero-order chi connectivity index (χ0) is 13.8. The number of halogens is 1. The molecule has 0 aliphatic rings. The van der Waals surface area contributed by atoms with E-state index in [1.807, 2.05) is 12.1 Å². The van der Waals surface area contributed by atoms with E-state index in [0.29, 0.717) is 22.3 Å². The van der Waals surface area contributed by atoms with Crippen LogP contribution in [0.1, 0.15) is 12.8 Å². The van der Waals surface area contributed by atoms with Crippen LogP contribution in [-0.4, -0.2) is 22.1 Å². The molecule has 100 valence electrons. The molecule has 7 heteroatoms. The molecule has 1 amide bonds. The number of nitrogens with zero attached hydrogens (tertiary/aromatic N) is 2. The van der Waals surface area contributed by atoms with E-state index in [-0.39, 0.29) is 12.5 Å². The highest BCUT2D eigenvalue weighted by atomic mass is 35.5. The maximum Gasteiger partial charge on any atom is 0.246 e. The molecule has 1 aromatic heterocycles. The van der Waals surface area contributed by atoms with E-state index in [1.165, 1.54) is 0 Å². The Labute approximate surface area is 114 Å². The van der Waals surface area contributed by atoms with Crippen LogP contribution in [-0.2, 0) is 11.3 Å². The fourth-order valence-electron chi connectivity index (χ4n) is 1.40. The number of aromatic nitrogens is 2. The van der Waals surface area contributed by atoms with E-state index in [4.69, 9.17) is 21.9 Å². The maximum atomic E-state index is 11.3. The number of carbonyl (C=O) groups is 1. The summed E-state index contributed by atoms with van der Waals surface area (Å²) in [6.07, 6.45) is 0. The lowest BCUT2D eigenvalue weighted by Gasteiger charge is -2.03. The van der Waals surface area contributed by atoms with E-state index in [0.717, 1.165) is 0 Å². The second-order valence-electron chi connectivity index (χ2n) is 4.00. The van der Waals surface area contributed by atoms with E-state index < -0.39 is 6.04 Å². The Morgan fingerprint density at radius 2 is 2.26 bits per heavy atom. The Hall–Kier alpha value is -1.92. The van der Waals surface area contributed by atoms with Crippen molar-refractivity contribution in [1.29, 1.82) is 0 Å².